The number of anilines is 1. The largest absolute Gasteiger partial charge is 0.508 e. The molecule has 1 atom stereocenters. The summed E-state index contributed by atoms with van der Waals surface area (Å²) in [6.45, 7) is 0. The number of rotatable bonds is 1. The Morgan fingerprint density at radius 2 is 1.92 bits per heavy atom. The lowest BCUT2D eigenvalue weighted by molar-refractivity contribution is 0.475. The fourth-order valence-corrected chi connectivity index (χ4v) is 3.79. The van der Waals surface area contributed by atoms with Crippen molar-refractivity contribution in [2.45, 2.75) is 6.04 Å². The van der Waals surface area contributed by atoms with Crippen LogP contribution in [0.5, 0.6) is 5.75 Å². The first-order valence-electron chi connectivity index (χ1n) is 7.89. The SMILES string of the molecule is Oc1ccc([C@H]2Nc3ccccc3-c3cnnc4[nH]cc2c34)c(Cl)c1. The van der Waals surface area contributed by atoms with E-state index in [9.17, 15) is 5.11 Å². The zero-order valence-corrected chi connectivity index (χ0v) is 13.7. The predicted molar refractivity (Wildman–Crippen MR) is 97.9 cm³/mol. The number of nitrogens with one attached hydrogen (secondary N) is 2. The van der Waals surface area contributed by atoms with Gasteiger partial charge in [-0.1, -0.05) is 35.9 Å². The number of hydrogen-bond donors (Lipinski definition) is 3. The van der Waals surface area contributed by atoms with Gasteiger partial charge in [-0.05, 0) is 23.8 Å². The molecule has 0 unspecified atom stereocenters. The molecule has 25 heavy (non-hydrogen) atoms. The summed E-state index contributed by atoms with van der Waals surface area (Å²) >= 11 is 6.43. The van der Waals surface area contributed by atoms with Gasteiger partial charge in [0.05, 0.1) is 12.2 Å². The van der Waals surface area contributed by atoms with Crippen LogP contribution in [0.3, 0.4) is 0 Å². The van der Waals surface area contributed by atoms with Crippen molar-refractivity contribution >= 4 is 28.3 Å². The summed E-state index contributed by atoms with van der Waals surface area (Å²) in [5, 5.41) is 23.2. The molecule has 0 amide bonds. The molecule has 0 saturated carbocycles. The van der Waals surface area contributed by atoms with Crippen LogP contribution in [0.2, 0.25) is 5.02 Å². The van der Waals surface area contributed by atoms with Crippen molar-refractivity contribution in [2.75, 3.05) is 5.32 Å². The summed E-state index contributed by atoms with van der Waals surface area (Å²) < 4.78 is 0. The van der Waals surface area contributed by atoms with Crippen LogP contribution in [0.15, 0.2) is 54.9 Å². The molecule has 5 nitrogen and oxygen atoms in total. The van der Waals surface area contributed by atoms with Crippen LogP contribution >= 0.6 is 11.6 Å². The number of phenolic OH excluding ortho intramolecular Hbond substituents is 1. The summed E-state index contributed by atoms with van der Waals surface area (Å²) in [7, 11) is 0. The molecule has 6 heteroatoms. The molecule has 4 aromatic rings. The highest BCUT2D eigenvalue weighted by molar-refractivity contribution is 6.31. The van der Waals surface area contributed by atoms with Gasteiger partial charge in [0.25, 0.3) is 0 Å². The number of phenols is 1. The highest BCUT2D eigenvalue weighted by Gasteiger charge is 2.27. The van der Waals surface area contributed by atoms with E-state index >= 15 is 0 Å². The Morgan fingerprint density at radius 3 is 2.80 bits per heavy atom. The van der Waals surface area contributed by atoms with E-state index in [-0.39, 0.29) is 11.8 Å². The van der Waals surface area contributed by atoms with Crippen molar-refractivity contribution in [1.82, 2.24) is 15.2 Å². The first-order valence-corrected chi connectivity index (χ1v) is 8.27. The van der Waals surface area contributed by atoms with E-state index in [1.165, 1.54) is 0 Å². The van der Waals surface area contributed by atoms with Crippen LogP contribution in [0, 0.1) is 0 Å². The number of fused-ring (bicyclic) bond motifs is 2. The fourth-order valence-electron chi connectivity index (χ4n) is 3.50. The van der Waals surface area contributed by atoms with Gasteiger partial charge in [0.1, 0.15) is 5.75 Å². The first kappa shape index (κ1) is 14.3. The second kappa shape index (κ2) is 5.22. The molecule has 2 aromatic heterocycles. The highest BCUT2D eigenvalue weighted by Crippen LogP contribution is 2.44. The van der Waals surface area contributed by atoms with Gasteiger partial charge >= 0.3 is 0 Å². The van der Waals surface area contributed by atoms with Crippen molar-refractivity contribution in [3.8, 4) is 16.9 Å². The van der Waals surface area contributed by atoms with Crippen LogP contribution in [0.25, 0.3) is 22.2 Å². The summed E-state index contributed by atoms with van der Waals surface area (Å²) in [5.41, 5.74) is 5.78. The van der Waals surface area contributed by atoms with Crippen LogP contribution in [-0.4, -0.2) is 20.3 Å². The number of para-hydroxylation sites is 1. The van der Waals surface area contributed by atoms with E-state index in [0.717, 1.165) is 39.0 Å². The second-order valence-corrected chi connectivity index (χ2v) is 6.46. The number of hydrogen-bond acceptors (Lipinski definition) is 4. The molecular formula is C19H13ClN4O. The first-order chi connectivity index (χ1) is 12.2. The Morgan fingerprint density at radius 1 is 1.04 bits per heavy atom. The number of H-pyrrole nitrogens is 1. The standard InChI is InChI=1S/C19H13ClN4O/c20-15-7-10(25)5-6-12(15)18-14-8-21-19-17(14)13(9-22-24-19)11-3-1-2-4-16(11)23-18/h1-9,18,23,25H,(H,21,24)/t18-/m1/s1. The molecule has 0 aliphatic carbocycles. The number of benzene rings is 2. The molecule has 3 N–H and O–H groups in total. The third-order valence-electron chi connectivity index (χ3n) is 4.63. The smallest absolute Gasteiger partial charge is 0.160 e. The van der Waals surface area contributed by atoms with E-state index in [0.29, 0.717) is 5.02 Å². The van der Waals surface area contributed by atoms with Crippen molar-refractivity contribution in [3.05, 3.63) is 71.0 Å². The van der Waals surface area contributed by atoms with E-state index in [2.05, 4.69) is 26.6 Å². The fraction of sp³-hybridized carbons (Fsp3) is 0.0526. The summed E-state index contributed by atoms with van der Waals surface area (Å²) in [4.78, 5) is 3.20. The summed E-state index contributed by atoms with van der Waals surface area (Å²) in [5.74, 6) is 0.147. The molecule has 122 valence electrons. The zero-order valence-electron chi connectivity index (χ0n) is 13.0. The number of nitrogens with zero attached hydrogens (tertiary/aromatic N) is 2. The van der Waals surface area contributed by atoms with Gasteiger partial charge < -0.3 is 15.4 Å². The average molecular weight is 349 g/mol. The third-order valence-corrected chi connectivity index (χ3v) is 4.95. The minimum absolute atomic E-state index is 0.147. The van der Waals surface area contributed by atoms with Gasteiger partial charge in [0.15, 0.2) is 5.65 Å². The Hall–Kier alpha value is -3.05. The van der Waals surface area contributed by atoms with Gasteiger partial charge in [0.2, 0.25) is 0 Å². The Balaban J connectivity index is 1.85. The molecule has 1 aliphatic heterocycles. The third kappa shape index (κ3) is 2.09. The van der Waals surface area contributed by atoms with Crippen molar-refractivity contribution in [2.24, 2.45) is 0 Å². The molecule has 0 fully saturated rings. The summed E-state index contributed by atoms with van der Waals surface area (Å²) in [6.07, 6.45) is 3.73. The van der Waals surface area contributed by atoms with Crippen LogP contribution in [0.4, 0.5) is 5.69 Å². The Bertz CT molecular complexity index is 1120. The van der Waals surface area contributed by atoms with E-state index in [4.69, 9.17) is 11.6 Å². The quantitative estimate of drug-likeness (QED) is 0.473. The second-order valence-electron chi connectivity index (χ2n) is 6.05. The van der Waals surface area contributed by atoms with Crippen LogP contribution < -0.4 is 5.32 Å². The molecule has 5 rings (SSSR count). The zero-order chi connectivity index (χ0) is 17.0. The van der Waals surface area contributed by atoms with Crippen LogP contribution in [0.1, 0.15) is 17.2 Å². The molecule has 0 bridgehead atoms. The summed E-state index contributed by atoms with van der Waals surface area (Å²) in [6, 6.07) is 13.0. The number of aromatic hydroxyl groups is 1. The van der Waals surface area contributed by atoms with E-state index in [1.807, 2.05) is 30.5 Å². The van der Waals surface area contributed by atoms with Crippen molar-refractivity contribution in [1.29, 1.82) is 0 Å². The lowest BCUT2D eigenvalue weighted by Crippen LogP contribution is -2.11. The lowest BCUT2D eigenvalue weighted by atomic mass is 9.97. The highest BCUT2D eigenvalue weighted by atomic mass is 35.5. The number of aromatic nitrogens is 3. The van der Waals surface area contributed by atoms with Gasteiger partial charge in [-0.2, -0.15) is 5.10 Å². The molecule has 1 aliphatic rings. The van der Waals surface area contributed by atoms with Gasteiger partial charge in [-0.3, -0.25) is 0 Å². The lowest BCUT2D eigenvalue weighted by Gasteiger charge is -2.20. The van der Waals surface area contributed by atoms with Crippen molar-refractivity contribution < 1.29 is 5.11 Å². The normalized spacial score (nSPS) is 15.5. The molecule has 3 heterocycles. The van der Waals surface area contributed by atoms with Gasteiger partial charge in [-0.15, -0.1) is 5.10 Å². The van der Waals surface area contributed by atoms with Crippen molar-refractivity contribution in [3.63, 3.8) is 0 Å². The van der Waals surface area contributed by atoms with Gasteiger partial charge in [0, 0.05) is 39.0 Å². The topological polar surface area (TPSA) is 73.8 Å². The predicted octanol–water partition coefficient (Wildman–Crippen LogP) is 4.50. The molecule has 0 radical (unpaired) electrons. The average Bonchev–Trinajstić information content (AvgIpc) is 2.98. The van der Waals surface area contributed by atoms with Gasteiger partial charge in [-0.25, -0.2) is 0 Å². The Kier molecular flexibility index (Phi) is 2.99. The molecule has 0 spiro atoms. The van der Waals surface area contributed by atoms with E-state index in [1.54, 1.807) is 18.3 Å². The maximum Gasteiger partial charge on any atom is 0.160 e. The molecular weight excluding hydrogens is 336 g/mol. The maximum absolute atomic E-state index is 9.69. The molecule has 0 saturated heterocycles. The number of halogens is 1. The maximum atomic E-state index is 9.69. The number of aromatic amines is 1. The minimum Gasteiger partial charge on any atom is -0.508 e. The Labute approximate surface area is 148 Å². The van der Waals surface area contributed by atoms with Crippen LogP contribution in [-0.2, 0) is 0 Å². The minimum atomic E-state index is -0.173. The monoisotopic (exact) mass is 348 g/mol. The van der Waals surface area contributed by atoms with E-state index < -0.39 is 0 Å². The molecule has 2 aromatic carbocycles.